The molecule has 1 N–H and O–H groups in total. The van der Waals surface area contributed by atoms with Gasteiger partial charge in [-0.05, 0) is 63.1 Å². The highest BCUT2D eigenvalue weighted by Crippen LogP contribution is 2.38. The van der Waals surface area contributed by atoms with Crippen LogP contribution in [0.2, 0.25) is 0 Å². The number of piperidine rings is 1. The number of hydrogen-bond acceptors (Lipinski definition) is 9. The molecule has 42 heavy (non-hydrogen) atoms. The number of carbonyl (C=O) groups excluding carboxylic acids is 1. The summed E-state index contributed by atoms with van der Waals surface area (Å²) in [6.45, 7) is 6.84. The van der Waals surface area contributed by atoms with Gasteiger partial charge in [0.2, 0.25) is 11.8 Å². The Kier molecular flexibility index (Phi) is 7.27. The average molecular weight is 592 g/mol. The summed E-state index contributed by atoms with van der Waals surface area (Å²) in [5.41, 5.74) is 2.23. The second-order valence-electron chi connectivity index (χ2n) is 10.8. The van der Waals surface area contributed by atoms with Crippen molar-refractivity contribution in [1.82, 2.24) is 18.8 Å². The van der Waals surface area contributed by atoms with E-state index in [2.05, 4.69) is 15.3 Å². The number of carbonyl (C=O) groups is 1. The van der Waals surface area contributed by atoms with Crippen LogP contribution in [-0.4, -0.2) is 73.2 Å². The van der Waals surface area contributed by atoms with E-state index >= 15 is 0 Å². The monoisotopic (exact) mass is 591 g/mol. The zero-order valence-electron chi connectivity index (χ0n) is 23.8. The van der Waals surface area contributed by atoms with Crippen molar-refractivity contribution < 1.29 is 27.4 Å². The van der Waals surface area contributed by atoms with Gasteiger partial charge in [-0.3, -0.25) is 4.79 Å². The molecule has 2 aliphatic rings. The van der Waals surface area contributed by atoms with Gasteiger partial charge < -0.3 is 24.4 Å². The van der Waals surface area contributed by atoms with Crippen LogP contribution in [0.5, 0.6) is 11.6 Å². The number of likely N-dealkylation sites (tertiary alicyclic amines) is 1. The summed E-state index contributed by atoms with van der Waals surface area (Å²) in [5, 5.41) is 3.59. The second-order valence-corrected chi connectivity index (χ2v) is 12.6. The van der Waals surface area contributed by atoms with E-state index < -0.39 is 10.0 Å². The number of amides is 1. The van der Waals surface area contributed by atoms with Crippen molar-refractivity contribution in [2.24, 2.45) is 5.41 Å². The van der Waals surface area contributed by atoms with Gasteiger partial charge in [0.25, 0.3) is 15.9 Å². The molecule has 2 aliphatic heterocycles. The summed E-state index contributed by atoms with van der Waals surface area (Å²) in [5.74, 6) is 0.725. The van der Waals surface area contributed by atoms with Crippen molar-refractivity contribution in [2.75, 3.05) is 45.3 Å². The Bertz CT molecular complexity index is 1750. The molecule has 2 aromatic carbocycles. The highest BCUT2D eigenvalue weighted by Gasteiger charge is 2.43. The number of methoxy groups -OCH3 is 1. The van der Waals surface area contributed by atoms with Crippen LogP contribution in [-0.2, 0) is 14.8 Å². The number of hydrogen-bond donors (Lipinski definition) is 1. The molecule has 12 heteroatoms. The summed E-state index contributed by atoms with van der Waals surface area (Å²) in [6.07, 6.45) is 3.48. The maximum absolute atomic E-state index is 13.5. The fourth-order valence-electron chi connectivity index (χ4n) is 5.52. The SMILES string of the molecule is CCOc1nc(Nc2ccc(C(=O)N3CCCC4(COC4)C3)cc2OC)nc2c1ccn2S(=O)(=O)c1ccc(C)cc1. The van der Waals surface area contributed by atoms with E-state index in [4.69, 9.17) is 14.2 Å². The Morgan fingerprint density at radius 3 is 2.60 bits per heavy atom. The molecule has 0 saturated carbocycles. The molecule has 11 nitrogen and oxygen atoms in total. The number of nitrogens with zero attached hydrogens (tertiary/aromatic N) is 4. The Balaban J connectivity index is 1.32. The van der Waals surface area contributed by atoms with E-state index in [1.165, 1.54) is 13.3 Å². The molecule has 4 heterocycles. The van der Waals surface area contributed by atoms with E-state index in [0.717, 1.165) is 22.4 Å². The van der Waals surface area contributed by atoms with Crippen LogP contribution in [0.25, 0.3) is 11.0 Å². The number of aryl methyl sites for hydroxylation is 1. The van der Waals surface area contributed by atoms with E-state index in [1.54, 1.807) is 48.5 Å². The molecule has 220 valence electrons. The predicted octanol–water partition coefficient (Wildman–Crippen LogP) is 4.38. The van der Waals surface area contributed by atoms with Gasteiger partial charge in [0.05, 0.1) is 42.9 Å². The zero-order chi connectivity index (χ0) is 29.5. The Hall–Kier alpha value is -4.16. The molecular formula is C30H33N5O6S. The first-order chi connectivity index (χ1) is 20.2. The van der Waals surface area contributed by atoms with Crippen LogP contribution >= 0.6 is 0 Å². The molecule has 0 aliphatic carbocycles. The number of benzene rings is 2. The van der Waals surface area contributed by atoms with Gasteiger partial charge in [-0.15, -0.1) is 0 Å². The van der Waals surface area contributed by atoms with E-state index in [0.29, 0.717) is 55.3 Å². The van der Waals surface area contributed by atoms with Crippen molar-refractivity contribution in [2.45, 2.75) is 31.6 Å². The molecule has 6 rings (SSSR count). The van der Waals surface area contributed by atoms with Crippen LogP contribution < -0.4 is 14.8 Å². The van der Waals surface area contributed by atoms with Crippen molar-refractivity contribution >= 4 is 38.6 Å². The normalized spacial score (nSPS) is 16.3. The summed E-state index contributed by atoms with van der Waals surface area (Å²) in [7, 11) is -2.42. The minimum absolute atomic E-state index is 0.0544. The minimum atomic E-state index is -3.94. The largest absolute Gasteiger partial charge is 0.495 e. The highest BCUT2D eigenvalue weighted by molar-refractivity contribution is 7.90. The fraction of sp³-hybridized carbons (Fsp3) is 0.367. The van der Waals surface area contributed by atoms with Gasteiger partial charge in [-0.1, -0.05) is 17.7 Å². The third kappa shape index (κ3) is 5.05. The van der Waals surface area contributed by atoms with Crippen molar-refractivity contribution in [1.29, 1.82) is 0 Å². The average Bonchev–Trinajstić information content (AvgIpc) is 3.42. The predicted molar refractivity (Wildman–Crippen MR) is 157 cm³/mol. The van der Waals surface area contributed by atoms with Gasteiger partial charge in [0.1, 0.15) is 5.75 Å². The topological polar surface area (TPSA) is 125 Å². The number of nitrogens with one attached hydrogen (secondary N) is 1. The van der Waals surface area contributed by atoms with Gasteiger partial charge in [-0.25, -0.2) is 12.4 Å². The maximum Gasteiger partial charge on any atom is 0.269 e. The first-order valence-electron chi connectivity index (χ1n) is 13.9. The van der Waals surface area contributed by atoms with Crippen LogP contribution in [0.1, 0.15) is 35.7 Å². The van der Waals surface area contributed by atoms with Gasteiger partial charge in [0, 0.05) is 30.3 Å². The van der Waals surface area contributed by atoms with E-state index in [9.17, 15) is 13.2 Å². The van der Waals surface area contributed by atoms with E-state index in [-0.39, 0.29) is 33.7 Å². The molecule has 4 aromatic rings. The van der Waals surface area contributed by atoms with Crippen LogP contribution in [0, 0.1) is 12.3 Å². The second kappa shape index (κ2) is 10.9. The number of aromatic nitrogens is 3. The summed E-state index contributed by atoms with van der Waals surface area (Å²) >= 11 is 0. The zero-order valence-corrected chi connectivity index (χ0v) is 24.6. The Morgan fingerprint density at radius 2 is 1.90 bits per heavy atom. The molecule has 0 radical (unpaired) electrons. The fourth-order valence-corrected chi connectivity index (χ4v) is 6.82. The van der Waals surface area contributed by atoms with Gasteiger partial charge in [0.15, 0.2) is 5.65 Å². The van der Waals surface area contributed by atoms with E-state index in [1.807, 2.05) is 18.7 Å². The summed E-state index contributed by atoms with van der Waals surface area (Å²) in [6, 6.07) is 13.4. The number of ether oxygens (including phenoxy) is 3. The van der Waals surface area contributed by atoms with Crippen LogP contribution in [0.15, 0.2) is 59.6 Å². The summed E-state index contributed by atoms with van der Waals surface area (Å²) in [4.78, 5) is 24.5. The van der Waals surface area contributed by atoms with Gasteiger partial charge in [-0.2, -0.15) is 9.97 Å². The van der Waals surface area contributed by atoms with Crippen LogP contribution in [0.3, 0.4) is 0 Å². The van der Waals surface area contributed by atoms with Crippen molar-refractivity contribution in [3.63, 3.8) is 0 Å². The van der Waals surface area contributed by atoms with Crippen molar-refractivity contribution in [3.8, 4) is 11.6 Å². The Morgan fingerprint density at radius 1 is 1.12 bits per heavy atom. The molecule has 0 bridgehead atoms. The lowest BCUT2D eigenvalue weighted by Crippen LogP contribution is -2.55. The third-order valence-corrected chi connectivity index (χ3v) is 9.48. The first-order valence-corrected chi connectivity index (χ1v) is 15.3. The lowest BCUT2D eigenvalue weighted by atomic mass is 9.78. The standard InChI is InChI=1S/C30H33N5O6S/c1-4-41-27-23-12-15-35(42(37,38)22-9-6-20(2)7-10-22)26(23)32-29(33-27)31-24-11-8-21(16-25(24)39-3)28(36)34-14-5-13-30(17-34)18-40-19-30/h6-12,15-16H,4-5,13-14,17-19H2,1-3H3,(H,31,32,33). The smallest absolute Gasteiger partial charge is 0.269 e. The number of anilines is 2. The molecule has 1 spiro atoms. The van der Waals surface area contributed by atoms with Crippen LogP contribution in [0.4, 0.5) is 11.6 Å². The number of fused-ring (bicyclic) bond motifs is 1. The first kappa shape index (κ1) is 28.0. The number of rotatable bonds is 8. The third-order valence-electron chi connectivity index (χ3n) is 7.79. The molecule has 0 unspecified atom stereocenters. The Labute approximate surface area is 244 Å². The minimum Gasteiger partial charge on any atom is -0.495 e. The highest BCUT2D eigenvalue weighted by atomic mass is 32.2. The molecular weight excluding hydrogens is 558 g/mol. The molecule has 0 atom stereocenters. The quantitative estimate of drug-likeness (QED) is 0.318. The maximum atomic E-state index is 13.5. The molecule has 2 fully saturated rings. The molecule has 1 amide bonds. The molecule has 2 saturated heterocycles. The molecule has 2 aromatic heterocycles. The van der Waals surface area contributed by atoms with Crippen molar-refractivity contribution in [3.05, 3.63) is 65.9 Å². The summed E-state index contributed by atoms with van der Waals surface area (Å²) < 4.78 is 45.0. The lowest BCUT2D eigenvalue weighted by Gasteiger charge is -2.48. The van der Waals surface area contributed by atoms with Gasteiger partial charge >= 0.3 is 0 Å². The lowest BCUT2D eigenvalue weighted by molar-refractivity contribution is -0.138.